The normalized spacial score (nSPS) is 13.1. The summed E-state index contributed by atoms with van der Waals surface area (Å²) >= 11 is 0. The second-order valence-corrected chi connectivity index (χ2v) is 6.01. The molecule has 1 heterocycles. The summed E-state index contributed by atoms with van der Waals surface area (Å²) in [5.74, 6) is 0.244. The zero-order valence-corrected chi connectivity index (χ0v) is 14.1. The smallest absolute Gasteiger partial charge is 0.248 e. The van der Waals surface area contributed by atoms with Crippen molar-refractivity contribution in [2.24, 2.45) is 5.73 Å². The van der Waals surface area contributed by atoms with Crippen molar-refractivity contribution in [1.29, 1.82) is 0 Å². The van der Waals surface area contributed by atoms with Crippen LogP contribution in [-0.4, -0.2) is 32.0 Å². The van der Waals surface area contributed by atoms with Crippen molar-refractivity contribution in [3.05, 3.63) is 53.6 Å². The van der Waals surface area contributed by atoms with E-state index in [2.05, 4.69) is 10.2 Å². The number of benzene rings is 2. The monoisotopic (exact) mass is 339 g/mol. The van der Waals surface area contributed by atoms with Gasteiger partial charge in [0.15, 0.2) is 0 Å². The first kappa shape index (κ1) is 16.8. The Morgan fingerprint density at radius 2 is 1.96 bits per heavy atom. The molecular formula is C19H21N3O3. The van der Waals surface area contributed by atoms with Gasteiger partial charge in [-0.05, 0) is 60.9 Å². The van der Waals surface area contributed by atoms with Crippen molar-refractivity contribution in [2.75, 3.05) is 30.4 Å². The maximum Gasteiger partial charge on any atom is 0.248 e. The van der Waals surface area contributed by atoms with E-state index in [-0.39, 0.29) is 12.5 Å². The molecule has 25 heavy (non-hydrogen) atoms. The highest BCUT2D eigenvalue weighted by molar-refractivity contribution is 5.96. The number of fused-ring (bicyclic) bond motifs is 1. The number of nitrogens with two attached hydrogens (primary N) is 1. The van der Waals surface area contributed by atoms with Crippen LogP contribution in [0.1, 0.15) is 22.3 Å². The molecule has 3 rings (SSSR count). The van der Waals surface area contributed by atoms with Crippen molar-refractivity contribution in [2.45, 2.75) is 12.8 Å². The Hall–Kier alpha value is -3.02. The van der Waals surface area contributed by atoms with E-state index in [1.165, 1.54) is 5.56 Å². The Morgan fingerprint density at radius 1 is 1.20 bits per heavy atom. The zero-order valence-electron chi connectivity index (χ0n) is 14.1. The van der Waals surface area contributed by atoms with Gasteiger partial charge in [-0.1, -0.05) is 0 Å². The number of carbonyl (C=O) groups is 2. The summed E-state index contributed by atoms with van der Waals surface area (Å²) in [4.78, 5) is 25.5. The molecule has 2 aromatic carbocycles. The number of anilines is 2. The molecule has 0 bridgehead atoms. The number of rotatable bonds is 5. The van der Waals surface area contributed by atoms with Crippen molar-refractivity contribution in [3.63, 3.8) is 0 Å². The fraction of sp³-hybridized carbons (Fsp3) is 0.263. The minimum absolute atomic E-state index is 0.101. The van der Waals surface area contributed by atoms with Gasteiger partial charge in [-0.15, -0.1) is 0 Å². The Bertz CT molecular complexity index is 787. The lowest BCUT2D eigenvalue weighted by atomic mass is 10.0. The van der Waals surface area contributed by atoms with Crippen LogP contribution in [0.2, 0.25) is 0 Å². The molecule has 2 aromatic rings. The molecule has 0 radical (unpaired) electrons. The number of amides is 2. The zero-order chi connectivity index (χ0) is 17.8. The molecule has 0 aliphatic carbocycles. The highest BCUT2D eigenvalue weighted by Gasteiger charge is 2.19. The number of hydrogen-bond donors (Lipinski definition) is 2. The van der Waals surface area contributed by atoms with Crippen LogP contribution in [0.3, 0.4) is 0 Å². The number of hydrogen-bond acceptors (Lipinski definition) is 4. The second kappa shape index (κ2) is 7.25. The molecule has 0 aromatic heterocycles. The summed E-state index contributed by atoms with van der Waals surface area (Å²) in [6, 6.07) is 12.5. The van der Waals surface area contributed by atoms with Crippen molar-refractivity contribution in [1.82, 2.24) is 0 Å². The highest BCUT2D eigenvalue weighted by atomic mass is 16.5. The minimum atomic E-state index is -0.488. The molecule has 1 aliphatic rings. The fourth-order valence-corrected chi connectivity index (χ4v) is 3.03. The lowest BCUT2D eigenvalue weighted by molar-refractivity contribution is -0.115. The van der Waals surface area contributed by atoms with Gasteiger partial charge in [0.25, 0.3) is 0 Å². The van der Waals surface area contributed by atoms with Crippen LogP contribution in [0.15, 0.2) is 42.5 Å². The average Bonchev–Trinajstić information content (AvgIpc) is 2.62. The topological polar surface area (TPSA) is 84.7 Å². The average molecular weight is 339 g/mol. The fourth-order valence-electron chi connectivity index (χ4n) is 3.03. The quantitative estimate of drug-likeness (QED) is 0.874. The molecule has 0 saturated carbocycles. The van der Waals surface area contributed by atoms with Crippen LogP contribution < -0.4 is 20.7 Å². The summed E-state index contributed by atoms with van der Waals surface area (Å²) in [6.45, 7) is 1.12. The van der Waals surface area contributed by atoms with Crippen LogP contribution in [0.25, 0.3) is 0 Å². The Kier molecular flexibility index (Phi) is 4.88. The first-order valence-electron chi connectivity index (χ1n) is 8.18. The predicted molar refractivity (Wildman–Crippen MR) is 97.1 cm³/mol. The van der Waals surface area contributed by atoms with E-state index in [4.69, 9.17) is 10.5 Å². The first-order valence-corrected chi connectivity index (χ1v) is 8.18. The maximum absolute atomic E-state index is 12.4. The Morgan fingerprint density at radius 3 is 2.64 bits per heavy atom. The largest absolute Gasteiger partial charge is 0.497 e. The van der Waals surface area contributed by atoms with E-state index in [1.807, 2.05) is 18.2 Å². The van der Waals surface area contributed by atoms with Crippen LogP contribution in [-0.2, 0) is 11.2 Å². The Balaban J connectivity index is 1.67. The highest BCUT2D eigenvalue weighted by Crippen LogP contribution is 2.30. The molecule has 1 aliphatic heterocycles. The van der Waals surface area contributed by atoms with E-state index in [0.717, 1.165) is 30.8 Å². The van der Waals surface area contributed by atoms with Gasteiger partial charge in [0, 0.05) is 23.5 Å². The van der Waals surface area contributed by atoms with Crippen molar-refractivity contribution < 1.29 is 14.3 Å². The summed E-state index contributed by atoms with van der Waals surface area (Å²) in [5.41, 5.74) is 8.54. The maximum atomic E-state index is 12.4. The summed E-state index contributed by atoms with van der Waals surface area (Å²) in [6.07, 6.45) is 1.99. The molecule has 3 N–H and O–H groups in total. The molecule has 0 saturated heterocycles. The molecule has 0 atom stereocenters. The molecule has 130 valence electrons. The van der Waals surface area contributed by atoms with E-state index < -0.39 is 5.91 Å². The van der Waals surface area contributed by atoms with Crippen molar-refractivity contribution >= 4 is 23.2 Å². The number of methoxy groups -OCH3 is 1. The van der Waals surface area contributed by atoms with E-state index >= 15 is 0 Å². The second-order valence-electron chi connectivity index (χ2n) is 6.01. The van der Waals surface area contributed by atoms with Gasteiger partial charge >= 0.3 is 0 Å². The number of carbonyl (C=O) groups excluding carboxylic acids is 2. The SMILES string of the molecule is COc1ccc2c(c1)CCCN2CC(=O)Nc1ccc(C(N)=O)cc1. The molecule has 6 nitrogen and oxygen atoms in total. The number of ether oxygens (including phenoxy) is 1. The molecule has 2 amide bonds. The Labute approximate surface area is 146 Å². The third-order valence-electron chi connectivity index (χ3n) is 4.29. The lowest BCUT2D eigenvalue weighted by Gasteiger charge is -2.31. The lowest BCUT2D eigenvalue weighted by Crippen LogP contribution is -2.36. The van der Waals surface area contributed by atoms with Gasteiger partial charge in [0.1, 0.15) is 5.75 Å². The van der Waals surface area contributed by atoms with Gasteiger partial charge in [-0.2, -0.15) is 0 Å². The van der Waals surface area contributed by atoms with Crippen LogP contribution in [0.5, 0.6) is 5.75 Å². The molecule has 0 fully saturated rings. The van der Waals surface area contributed by atoms with Gasteiger partial charge in [-0.3, -0.25) is 9.59 Å². The van der Waals surface area contributed by atoms with Crippen molar-refractivity contribution in [3.8, 4) is 5.75 Å². The van der Waals surface area contributed by atoms with Crippen LogP contribution >= 0.6 is 0 Å². The number of aryl methyl sites for hydroxylation is 1. The molecule has 6 heteroatoms. The van der Waals surface area contributed by atoms with Gasteiger partial charge in [0.05, 0.1) is 13.7 Å². The van der Waals surface area contributed by atoms with E-state index in [9.17, 15) is 9.59 Å². The van der Waals surface area contributed by atoms with Crippen LogP contribution in [0.4, 0.5) is 11.4 Å². The van der Waals surface area contributed by atoms with E-state index in [1.54, 1.807) is 31.4 Å². The van der Waals surface area contributed by atoms with Gasteiger partial charge in [0.2, 0.25) is 11.8 Å². The summed E-state index contributed by atoms with van der Waals surface area (Å²) in [7, 11) is 1.65. The molecule has 0 spiro atoms. The number of nitrogens with zero attached hydrogens (tertiary/aromatic N) is 1. The van der Waals surface area contributed by atoms with Gasteiger partial charge in [-0.25, -0.2) is 0 Å². The molecule has 0 unspecified atom stereocenters. The molecular weight excluding hydrogens is 318 g/mol. The number of nitrogens with one attached hydrogen (secondary N) is 1. The standard InChI is InChI=1S/C19H21N3O3/c1-25-16-8-9-17-14(11-16)3-2-10-22(17)12-18(23)21-15-6-4-13(5-7-15)19(20)24/h4-9,11H,2-3,10,12H2,1H3,(H2,20,24)(H,21,23). The van der Waals surface area contributed by atoms with E-state index in [0.29, 0.717) is 11.3 Å². The third kappa shape index (κ3) is 3.91. The third-order valence-corrected chi connectivity index (χ3v) is 4.29. The summed E-state index contributed by atoms with van der Waals surface area (Å²) in [5, 5.41) is 2.85. The van der Waals surface area contributed by atoms with Gasteiger partial charge < -0.3 is 20.7 Å². The summed E-state index contributed by atoms with van der Waals surface area (Å²) < 4.78 is 5.27. The minimum Gasteiger partial charge on any atom is -0.497 e. The van der Waals surface area contributed by atoms with Crippen LogP contribution in [0, 0.1) is 0 Å². The number of primary amides is 1. The predicted octanol–water partition coefficient (Wildman–Crippen LogP) is 2.19. The first-order chi connectivity index (χ1) is 12.1.